The maximum absolute atomic E-state index is 11.9. The van der Waals surface area contributed by atoms with E-state index in [-0.39, 0.29) is 11.1 Å². The van der Waals surface area contributed by atoms with Crippen LogP contribution in [0.2, 0.25) is 0 Å². The van der Waals surface area contributed by atoms with Crippen LogP contribution in [0.4, 0.5) is 13.2 Å². The lowest BCUT2D eigenvalue weighted by molar-refractivity contribution is -0.274. The van der Waals surface area contributed by atoms with Crippen molar-refractivity contribution in [2.45, 2.75) is 44.3 Å². The molecule has 0 aliphatic rings. The second-order valence-electron chi connectivity index (χ2n) is 4.09. The summed E-state index contributed by atoms with van der Waals surface area (Å²) in [7, 11) is 0. The van der Waals surface area contributed by atoms with Gasteiger partial charge in [0.2, 0.25) is 0 Å². The molecule has 1 nitrogen and oxygen atoms in total. The summed E-state index contributed by atoms with van der Waals surface area (Å²) < 4.78 is 39.6. The minimum absolute atomic E-state index is 0.179. The number of ether oxygens (including phenoxy) is 1. The molecule has 0 bridgehead atoms. The van der Waals surface area contributed by atoms with Gasteiger partial charge in [-0.1, -0.05) is 19.1 Å². The highest BCUT2D eigenvalue weighted by Gasteiger charge is 2.30. The zero-order chi connectivity index (χ0) is 13.6. The fourth-order valence-electron chi connectivity index (χ4n) is 1.59. The van der Waals surface area contributed by atoms with E-state index in [0.29, 0.717) is 0 Å². The van der Waals surface area contributed by atoms with E-state index in [2.05, 4.69) is 4.74 Å². The SMILES string of the molecule is CCC(Cl)CCCc1ccc(OC(F)(F)F)cc1. The van der Waals surface area contributed by atoms with Crippen molar-refractivity contribution in [3.8, 4) is 5.75 Å². The number of rotatable bonds is 6. The molecule has 102 valence electrons. The second kappa shape index (κ2) is 6.88. The molecular formula is C13H16ClF3O. The molecular weight excluding hydrogens is 265 g/mol. The maximum atomic E-state index is 11.9. The first-order chi connectivity index (χ1) is 8.40. The van der Waals surface area contributed by atoms with E-state index in [1.165, 1.54) is 12.1 Å². The Kier molecular flexibility index (Phi) is 5.79. The first kappa shape index (κ1) is 15.2. The van der Waals surface area contributed by atoms with Crippen LogP contribution in [0.5, 0.6) is 5.75 Å². The molecule has 0 heterocycles. The quantitative estimate of drug-likeness (QED) is 0.672. The summed E-state index contributed by atoms with van der Waals surface area (Å²) in [6.07, 6.45) is -1.04. The van der Waals surface area contributed by atoms with E-state index >= 15 is 0 Å². The third-order valence-corrected chi connectivity index (χ3v) is 3.11. The number of halogens is 4. The van der Waals surface area contributed by atoms with E-state index < -0.39 is 6.36 Å². The standard InChI is InChI=1S/C13H16ClF3O/c1-2-11(14)5-3-4-10-6-8-12(9-7-10)18-13(15,16)17/h6-9,11H,2-5H2,1H3. The highest BCUT2D eigenvalue weighted by atomic mass is 35.5. The van der Waals surface area contributed by atoms with Crippen LogP contribution in [0.15, 0.2) is 24.3 Å². The van der Waals surface area contributed by atoms with E-state index in [9.17, 15) is 13.2 Å². The summed E-state index contributed by atoms with van der Waals surface area (Å²) in [6, 6.07) is 5.97. The van der Waals surface area contributed by atoms with Crippen molar-refractivity contribution in [1.82, 2.24) is 0 Å². The molecule has 0 saturated carbocycles. The Morgan fingerprint density at radius 2 is 1.83 bits per heavy atom. The minimum Gasteiger partial charge on any atom is -0.406 e. The molecule has 0 spiro atoms. The lowest BCUT2D eigenvalue weighted by Gasteiger charge is -2.09. The first-order valence-electron chi connectivity index (χ1n) is 5.89. The van der Waals surface area contributed by atoms with Crippen molar-refractivity contribution >= 4 is 11.6 Å². The summed E-state index contributed by atoms with van der Waals surface area (Å²) in [5.41, 5.74) is 0.990. The summed E-state index contributed by atoms with van der Waals surface area (Å²) in [4.78, 5) is 0. The molecule has 1 atom stereocenters. The van der Waals surface area contributed by atoms with Gasteiger partial charge in [0.25, 0.3) is 0 Å². The van der Waals surface area contributed by atoms with Crippen LogP contribution in [-0.4, -0.2) is 11.7 Å². The van der Waals surface area contributed by atoms with Gasteiger partial charge in [-0.3, -0.25) is 0 Å². The summed E-state index contributed by atoms with van der Waals surface area (Å²) in [5.74, 6) is -0.185. The van der Waals surface area contributed by atoms with Gasteiger partial charge in [-0.15, -0.1) is 24.8 Å². The fourth-order valence-corrected chi connectivity index (χ4v) is 1.74. The molecule has 0 radical (unpaired) electrons. The van der Waals surface area contributed by atoms with E-state index in [1.807, 2.05) is 6.92 Å². The lowest BCUT2D eigenvalue weighted by atomic mass is 10.1. The first-order valence-corrected chi connectivity index (χ1v) is 6.33. The van der Waals surface area contributed by atoms with Crippen LogP contribution in [0.1, 0.15) is 31.7 Å². The van der Waals surface area contributed by atoms with E-state index in [0.717, 1.165) is 31.2 Å². The van der Waals surface area contributed by atoms with Gasteiger partial charge in [-0.25, -0.2) is 0 Å². The van der Waals surface area contributed by atoms with Crippen molar-refractivity contribution in [2.24, 2.45) is 0 Å². The Morgan fingerprint density at radius 1 is 1.22 bits per heavy atom. The second-order valence-corrected chi connectivity index (χ2v) is 4.71. The van der Waals surface area contributed by atoms with Crippen molar-refractivity contribution in [3.05, 3.63) is 29.8 Å². The van der Waals surface area contributed by atoms with Crippen LogP contribution >= 0.6 is 11.6 Å². The molecule has 0 N–H and O–H groups in total. The molecule has 1 unspecified atom stereocenters. The minimum atomic E-state index is -4.63. The monoisotopic (exact) mass is 280 g/mol. The van der Waals surface area contributed by atoms with Crippen LogP contribution in [0.25, 0.3) is 0 Å². The average Bonchev–Trinajstić information content (AvgIpc) is 2.29. The third-order valence-electron chi connectivity index (χ3n) is 2.58. The topological polar surface area (TPSA) is 9.23 Å². The van der Waals surface area contributed by atoms with Gasteiger partial charge in [0, 0.05) is 5.38 Å². The zero-order valence-electron chi connectivity index (χ0n) is 10.1. The summed E-state index contributed by atoms with van der Waals surface area (Å²) >= 11 is 5.98. The molecule has 1 aromatic carbocycles. The van der Waals surface area contributed by atoms with E-state index in [1.54, 1.807) is 12.1 Å². The van der Waals surface area contributed by atoms with Gasteiger partial charge in [0.1, 0.15) is 5.75 Å². The smallest absolute Gasteiger partial charge is 0.406 e. The van der Waals surface area contributed by atoms with Crippen molar-refractivity contribution in [3.63, 3.8) is 0 Å². The Morgan fingerprint density at radius 3 is 2.33 bits per heavy atom. The molecule has 1 aromatic rings. The van der Waals surface area contributed by atoms with E-state index in [4.69, 9.17) is 11.6 Å². The van der Waals surface area contributed by atoms with Crippen LogP contribution in [0, 0.1) is 0 Å². The fraction of sp³-hybridized carbons (Fsp3) is 0.538. The van der Waals surface area contributed by atoms with Crippen LogP contribution < -0.4 is 4.74 Å². The van der Waals surface area contributed by atoms with Crippen molar-refractivity contribution in [1.29, 1.82) is 0 Å². The van der Waals surface area contributed by atoms with Gasteiger partial charge >= 0.3 is 6.36 Å². The molecule has 0 aliphatic heterocycles. The zero-order valence-corrected chi connectivity index (χ0v) is 10.9. The Bertz CT molecular complexity index is 348. The number of hydrogen-bond acceptors (Lipinski definition) is 1. The van der Waals surface area contributed by atoms with Crippen LogP contribution in [0.3, 0.4) is 0 Å². The molecule has 5 heteroatoms. The molecule has 0 amide bonds. The van der Waals surface area contributed by atoms with Crippen LogP contribution in [-0.2, 0) is 6.42 Å². The largest absolute Gasteiger partial charge is 0.573 e. The number of alkyl halides is 4. The molecule has 0 aliphatic carbocycles. The van der Waals surface area contributed by atoms with Gasteiger partial charge in [0.05, 0.1) is 0 Å². The highest BCUT2D eigenvalue weighted by Crippen LogP contribution is 2.23. The molecule has 1 rings (SSSR count). The average molecular weight is 281 g/mol. The number of aryl methyl sites for hydroxylation is 1. The maximum Gasteiger partial charge on any atom is 0.573 e. The molecule has 0 aromatic heterocycles. The van der Waals surface area contributed by atoms with Gasteiger partial charge < -0.3 is 4.74 Å². The molecule has 0 fully saturated rings. The number of benzene rings is 1. The predicted molar refractivity (Wildman–Crippen MR) is 66.0 cm³/mol. The third kappa shape index (κ3) is 6.15. The lowest BCUT2D eigenvalue weighted by Crippen LogP contribution is -2.17. The van der Waals surface area contributed by atoms with Crippen molar-refractivity contribution in [2.75, 3.05) is 0 Å². The molecule has 0 saturated heterocycles. The summed E-state index contributed by atoms with van der Waals surface area (Å²) in [5, 5.41) is 0.179. The Balaban J connectivity index is 2.41. The highest BCUT2D eigenvalue weighted by molar-refractivity contribution is 6.20. The normalized spacial score (nSPS) is 13.4. The van der Waals surface area contributed by atoms with Gasteiger partial charge in [-0.05, 0) is 43.4 Å². The Hall–Kier alpha value is -0.900. The predicted octanol–water partition coefficient (Wildman–Crippen LogP) is 4.93. The number of hydrogen-bond donors (Lipinski definition) is 0. The summed E-state index contributed by atoms with van der Waals surface area (Å²) in [6.45, 7) is 2.03. The van der Waals surface area contributed by atoms with Gasteiger partial charge in [0.15, 0.2) is 0 Å². The van der Waals surface area contributed by atoms with Crippen molar-refractivity contribution < 1.29 is 17.9 Å². The Labute approximate surface area is 110 Å². The van der Waals surface area contributed by atoms with Gasteiger partial charge in [-0.2, -0.15) is 0 Å². The molecule has 18 heavy (non-hydrogen) atoms.